The van der Waals surface area contributed by atoms with E-state index in [4.69, 9.17) is 14.2 Å². The number of methoxy groups -OCH3 is 2. The van der Waals surface area contributed by atoms with Gasteiger partial charge < -0.3 is 19.3 Å². The maximum atomic E-state index is 12.5. The van der Waals surface area contributed by atoms with E-state index in [1.807, 2.05) is 37.3 Å². The number of aliphatic hydroxyl groups excluding tert-OH is 1. The minimum absolute atomic E-state index is 0.0575. The number of ether oxygens (including phenoxy) is 3. The van der Waals surface area contributed by atoms with Crippen molar-refractivity contribution in [2.24, 2.45) is 4.99 Å². The Bertz CT molecular complexity index is 1060. The quantitative estimate of drug-likeness (QED) is 0.641. The molecule has 6 nitrogen and oxygen atoms in total. The molecule has 156 valence electrons. The van der Waals surface area contributed by atoms with Crippen LogP contribution in [0.1, 0.15) is 18.1 Å². The van der Waals surface area contributed by atoms with Crippen molar-refractivity contribution in [1.82, 2.24) is 0 Å². The summed E-state index contributed by atoms with van der Waals surface area (Å²) in [5, 5.41) is 11.2. The zero-order valence-corrected chi connectivity index (χ0v) is 18.1. The first-order valence-electron chi connectivity index (χ1n) is 9.34. The van der Waals surface area contributed by atoms with E-state index in [2.05, 4.69) is 4.99 Å². The van der Waals surface area contributed by atoms with Crippen molar-refractivity contribution >= 4 is 34.5 Å². The van der Waals surface area contributed by atoms with E-state index < -0.39 is 5.97 Å². The zero-order valence-electron chi connectivity index (χ0n) is 17.3. The molecule has 1 aliphatic rings. The first-order chi connectivity index (χ1) is 14.5. The number of esters is 1. The van der Waals surface area contributed by atoms with Gasteiger partial charge in [-0.05, 0) is 49.8 Å². The Labute approximate surface area is 179 Å². The predicted molar refractivity (Wildman–Crippen MR) is 120 cm³/mol. The van der Waals surface area contributed by atoms with E-state index >= 15 is 0 Å². The molecular weight excluding hydrogens is 402 g/mol. The molecule has 0 aliphatic carbocycles. The Morgan fingerprint density at radius 2 is 1.97 bits per heavy atom. The predicted octanol–water partition coefficient (Wildman–Crippen LogP) is 5.21. The van der Waals surface area contributed by atoms with Gasteiger partial charge in [0.2, 0.25) is 0 Å². The van der Waals surface area contributed by atoms with E-state index in [9.17, 15) is 9.90 Å². The third-order valence-electron chi connectivity index (χ3n) is 4.33. The van der Waals surface area contributed by atoms with Gasteiger partial charge in [0.05, 0.1) is 31.4 Å². The van der Waals surface area contributed by atoms with Crippen LogP contribution in [0.2, 0.25) is 0 Å². The average molecular weight is 426 g/mol. The fourth-order valence-electron chi connectivity index (χ4n) is 2.89. The number of rotatable bonds is 6. The fraction of sp³-hybridized carbons (Fsp3) is 0.217. The number of aliphatic hydroxyl groups is 1. The third kappa shape index (κ3) is 4.68. The molecule has 0 saturated carbocycles. The minimum Gasteiger partial charge on any atom is -0.506 e. The second-order valence-electron chi connectivity index (χ2n) is 6.42. The third-order valence-corrected chi connectivity index (χ3v) is 5.35. The molecule has 0 bridgehead atoms. The lowest BCUT2D eigenvalue weighted by Gasteiger charge is -2.08. The summed E-state index contributed by atoms with van der Waals surface area (Å²) in [6.07, 6.45) is 1.75. The van der Waals surface area contributed by atoms with Crippen LogP contribution in [0.15, 0.2) is 63.7 Å². The minimum atomic E-state index is -0.612. The number of carbonyl (C=O) groups is 1. The molecule has 1 aliphatic heterocycles. The summed E-state index contributed by atoms with van der Waals surface area (Å²) in [5.74, 6) is 0.459. The lowest BCUT2D eigenvalue weighted by molar-refractivity contribution is -0.138. The van der Waals surface area contributed by atoms with Gasteiger partial charge in [0.1, 0.15) is 27.9 Å². The number of aryl methyl sites for hydroxylation is 1. The van der Waals surface area contributed by atoms with Crippen LogP contribution in [0.3, 0.4) is 0 Å². The number of hydrogen-bond acceptors (Lipinski definition) is 7. The van der Waals surface area contributed by atoms with Gasteiger partial charge >= 0.3 is 5.97 Å². The Kier molecular flexibility index (Phi) is 6.84. The van der Waals surface area contributed by atoms with E-state index in [-0.39, 0.29) is 17.9 Å². The van der Waals surface area contributed by atoms with Gasteiger partial charge in [-0.2, -0.15) is 0 Å². The molecule has 0 radical (unpaired) electrons. The lowest BCUT2D eigenvalue weighted by Crippen LogP contribution is -2.12. The second-order valence-corrected chi connectivity index (χ2v) is 7.45. The van der Waals surface area contributed by atoms with Crippen LogP contribution in [0.5, 0.6) is 11.5 Å². The Morgan fingerprint density at radius 1 is 1.17 bits per heavy atom. The van der Waals surface area contributed by atoms with Crippen LogP contribution in [0, 0.1) is 6.92 Å². The monoisotopic (exact) mass is 425 g/mol. The zero-order chi connectivity index (χ0) is 21.7. The normalized spacial score (nSPS) is 16.3. The molecule has 0 unspecified atom stereocenters. The van der Waals surface area contributed by atoms with Crippen molar-refractivity contribution in [2.45, 2.75) is 13.8 Å². The number of aliphatic imine (C=N–C) groups is 1. The maximum absolute atomic E-state index is 12.5. The SMILES string of the molecule is CCOC(=O)C1=C(O)/C(=C\c2ccc(OC)cc2OC)SC1=Nc1cccc(C)c1. The summed E-state index contributed by atoms with van der Waals surface area (Å²) < 4.78 is 15.8. The summed E-state index contributed by atoms with van der Waals surface area (Å²) in [7, 11) is 3.14. The maximum Gasteiger partial charge on any atom is 0.344 e. The van der Waals surface area contributed by atoms with Crippen molar-refractivity contribution in [3.05, 3.63) is 69.8 Å². The van der Waals surface area contributed by atoms with Gasteiger partial charge in [-0.15, -0.1) is 0 Å². The van der Waals surface area contributed by atoms with Gasteiger partial charge in [-0.25, -0.2) is 9.79 Å². The molecule has 0 amide bonds. The van der Waals surface area contributed by atoms with E-state index in [0.29, 0.717) is 27.1 Å². The van der Waals surface area contributed by atoms with Gasteiger partial charge in [-0.3, -0.25) is 0 Å². The van der Waals surface area contributed by atoms with Crippen LogP contribution in [-0.4, -0.2) is 36.9 Å². The van der Waals surface area contributed by atoms with Gasteiger partial charge in [-0.1, -0.05) is 23.9 Å². The summed E-state index contributed by atoms with van der Waals surface area (Å²) in [5.41, 5.74) is 2.52. The molecule has 2 aromatic rings. The number of nitrogens with zero attached hydrogens (tertiary/aromatic N) is 1. The Morgan fingerprint density at radius 3 is 2.63 bits per heavy atom. The first-order valence-corrected chi connectivity index (χ1v) is 10.2. The van der Waals surface area contributed by atoms with Crippen LogP contribution >= 0.6 is 11.8 Å². The topological polar surface area (TPSA) is 77.4 Å². The van der Waals surface area contributed by atoms with Crippen molar-refractivity contribution in [3.8, 4) is 11.5 Å². The highest BCUT2D eigenvalue weighted by Gasteiger charge is 2.33. The van der Waals surface area contributed by atoms with Crippen LogP contribution in [0.25, 0.3) is 6.08 Å². The van der Waals surface area contributed by atoms with Crippen LogP contribution in [0.4, 0.5) is 5.69 Å². The first kappa shape index (κ1) is 21.5. The number of hydrogen-bond donors (Lipinski definition) is 1. The van der Waals surface area contributed by atoms with Crippen molar-refractivity contribution in [2.75, 3.05) is 20.8 Å². The molecule has 2 aromatic carbocycles. The molecule has 0 atom stereocenters. The molecule has 7 heteroatoms. The average Bonchev–Trinajstić information content (AvgIpc) is 3.03. The van der Waals surface area contributed by atoms with Gasteiger partial charge in [0, 0.05) is 11.6 Å². The summed E-state index contributed by atoms with van der Waals surface area (Å²) in [6.45, 7) is 3.88. The molecule has 3 rings (SSSR count). The largest absolute Gasteiger partial charge is 0.506 e. The molecule has 0 saturated heterocycles. The molecule has 1 heterocycles. The molecule has 1 N–H and O–H groups in total. The molecule has 0 fully saturated rings. The van der Waals surface area contributed by atoms with Crippen molar-refractivity contribution in [1.29, 1.82) is 0 Å². The van der Waals surface area contributed by atoms with E-state index in [1.54, 1.807) is 39.4 Å². The smallest absolute Gasteiger partial charge is 0.344 e. The Hall–Kier alpha value is -3.19. The summed E-state index contributed by atoms with van der Waals surface area (Å²) in [4.78, 5) is 17.6. The van der Waals surface area contributed by atoms with Crippen molar-refractivity contribution in [3.63, 3.8) is 0 Å². The fourth-order valence-corrected chi connectivity index (χ4v) is 3.91. The van der Waals surface area contributed by atoms with E-state index in [0.717, 1.165) is 11.1 Å². The number of benzene rings is 2. The van der Waals surface area contributed by atoms with Gasteiger partial charge in [0.25, 0.3) is 0 Å². The molecular formula is C23H23NO5S. The van der Waals surface area contributed by atoms with Gasteiger partial charge in [0.15, 0.2) is 0 Å². The van der Waals surface area contributed by atoms with E-state index in [1.165, 1.54) is 11.8 Å². The molecule has 0 spiro atoms. The highest BCUT2D eigenvalue weighted by atomic mass is 32.2. The Balaban J connectivity index is 2.07. The molecule has 30 heavy (non-hydrogen) atoms. The number of carbonyl (C=O) groups excluding carboxylic acids is 1. The number of thioether (sulfide) groups is 1. The summed E-state index contributed by atoms with van der Waals surface area (Å²) in [6, 6.07) is 13.0. The second kappa shape index (κ2) is 9.54. The lowest BCUT2D eigenvalue weighted by atomic mass is 10.1. The highest BCUT2D eigenvalue weighted by molar-refractivity contribution is 8.18. The summed E-state index contributed by atoms with van der Waals surface area (Å²) >= 11 is 1.21. The standard InChI is InChI=1S/C23H23NO5S/c1-5-29-23(26)20-21(25)19(12-15-9-10-17(27-3)13-18(15)28-4)30-22(20)24-16-8-6-7-14(2)11-16/h6-13,25H,5H2,1-4H3/b19-12+,24-22?. The van der Waals surface area contributed by atoms with Crippen LogP contribution in [-0.2, 0) is 9.53 Å². The van der Waals surface area contributed by atoms with Crippen molar-refractivity contribution < 1.29 is 24.1 Å². The molecule has 0 aromatic heterocycles. The highest BCUT2D eigenvalue weighted by Crippen LogP contribution is 2.41. The van der Waals surface area contributed by atoms with Crippen LogP contribution < -0.4 is 9.47 Å².